The Bertz CT molecular complexity index is 562. The lowest BCUT2D eigenvalue weighted by Crippen LogP contribution is -2.23. The zero-order valence-corrected chi connectivity index (χ0v) is 11.5. The molecule has 0 saturated carbocycles. The summed E-state index contributed by atoms with van der Waals surface area (Å²) in [5.74, 6) is -0.847. The van der Waals surface area contributed by atoms with Crippen LogP contribution in [0, 0.1) is 0 Å². The smallest absolute Gasteiger partial charge is 0.345 e. The van der Waals surface area contributed by atoms with Crippen molar-refractivity contribution < 1.29 is 9.90 Å². The fourth-order valence-corrected chi connectivity index (χ4v) is 3.07. The molecule has 0 aliphatic heterocycles. The van der Waals surface area contributed by atoms with Gasteiger partial charge in [-0.05, 0) is 31.5 Å². The summed E-state index contributed by atoms with van der Waals surface area (Å²) in [6.07, 6.45) is 1.08. The number of benzene rings is 1. The summed E-state index contributed by atoms with van der Waals surface area (Å²) in [6, 6.07) is 7.84. The van der Waals surface area contributed by atoms with Crippen molar-refractivity contribution in [2.45, 2.75) is 20.3 Å². The maximum atomic E-state index is 11.0. The maximum Gasteiger partial charge on any atom is 0.345 e. The summed E-state index contributed by atoms with van der Waals surface area (Å²) in [5, 5.41) is 10.1. The van der Waals surface area contributed by atoms with Crippen molar-refractivity contribution in [2.24, 2.45) is 0 Å². The van der Waals surface area contributed by atoms with Crippen LogP contribution < -0.4 is 4.90 Å². The summed E-state index contributed by atoms with van der Waals surface area (Å²) < 4.78 is 1.04. The summed E-state index contributed by atoms with van der Waals surface area (Å²) in [7, 11) is 0. The third-order valence-corrected chi connectivity index (χ3v) is 4.05. The molecular weight excluding hydrogens is 246 g/mol. The average molecular weight is 263 g/mol. The van der Waals surface area contributed by atoms with Gasteiger partial charge in [-0.3, -0.25) is 0 Å². The number of carbonyl (C=O) groups is 1. The largest absolute Gasteiger partial charge is 0.477 e. The highest BCUT2D eigenvalue weighted by Crippen LogP contribution is 2.33. The van der Waals surface area contributed by atoms with Gasteiger partial charge in [-0.25, -0.2) is 4.79 Å². The van der Waals surface area contributed by atoms with Gasteiger partial charge in [-0.1, -0.05) is 13.0 Å². The van der Waals surface area contributed by atoms with E-state index >= 15 is 0 Å². The van der Waals surface area contributed by atoms with Crippen LogP contribution >= 0.6 is 11.3 Å². The zero-order chi connectivity index (χ0) is 13.1. The maximum absolute atomic E-state index is 11.0. The van der Waals surface area contributed by atoms with Crippen LogP contribution in [0.5, 0.6) is 0 Å². The number of aromatic carboxylic acids is 1. The van der Waals surface area contributed by atoms with Gasteiger partial charge in [0.1, 0.15) is 4.88 Å². The van der Waals surface area contributed by atoms with Gasteiger partial charge in [0.15, 0.2) is 0 Å². The number of anilines is 1. The Hall–Kier alpha value is -1.55. The van der Waals surface area contributed by atoms with Crippen LogP contribution in [-0.4, -0.2) is 24.2 Å². The van der Waals surface area contributed by atoms with E-state index in [0.717, 1.165) is 35.3 Å². The van der Waals surface area contributed by atoms with Gasteiger partial charge in [0, 0.05) is 28.9 Å². The molecule has 0 atom stereocenters. The highest BCUT2D eigenvalue weighted by Gasteiger charge is 2.13. The Morgan fingerprint density at radius 2 is 2.17 bits per heavy atom. The first kappa shape index (κ1) is 12.9. The SMILES string of the molecule is CCCN(CC)c1cccc2sc(C(=O)O)cc12. The molecule has 0 amide bonds. The number of carboxylic acid groups (broad SMARTS) is 1. The number of carboxylic acids is 1. The second-order valence-corrected chi connectivity index (χ2v) is 5.27. The van der Waals surface area contributed by atoms with Gasteiger partial charge < -0.3 is 10.0 Å². The summed E-state index contributed by atoms with van der Waals surface area (Å²) in [4.78, 5) is 13.7. The number of hydrogen-bond acceptors (Lipinski definition) is 3. The molecule has 0 saturated heterocycles. The Morgan fingerprint density at radius 3 is 2.78 bits per heavy atom. The van der Waals surface area contributed by atoms with Gasteiger partial charge in [0.2, 0.25) is 0 Å². The molecule has 18 heavy (non-hydrogen) atoms. The topological polar surface area (TPSA) is 40.5 Å². The van der Waals surface area contributed by atoms with E-state index in [0.29, 0.717) is 4.88 Å². The van der Waals surface area contributed by atoms with E-state index in [9.17, 15) is 4.79 Å². The summed E-state index contributed by atoms with van der Waals surface area (Å²) in [6.45, 7) is 6.21. The fourth-order valence-electron chi connectivity index (χ4n) is 2.15. The Kier molecular flexibility index (Phi) is 3.87. The van der Waals surface area contributed by atoms with Crippen LogP contribution in [-0.2, 0) is 0 Å². The molecule has 1 aromatic heterocycles. The molecule has 0 radical (unpaired) electrons. The predicted molar refractivity (Wildman–Crippen MR) is 77.0 cm³/mol. The molecule has 0 bridgehead atoms. The summed E-state index contributed by atoms with van der Waals surface area (Å²) in [5.41, 5.74) is 1.14. The van der Waals surface area contributed by atoms with E-state index in [4.69, 9.17) is 5.11 Å². The Morgan fingerprint density at radius 1 is 1.39 bits per heavy atom. The Balaban J connectivity index is 2.53. The standard InChI is InChI=1S/C14H17NO2S/c1-3-8-15(4-2)11-6-5-7-12-10(11)9-13(18-12)14(16)17/h5-7,9H,3-4,8H2,1-2H3,(H,16,17). The number of nitrogens with zero attached hydrogens (tertiary/aromatic N) is 1. The van der Waals surface area contributed by atoms with E-state index < -0.39 is 5.97 Å². The van der Waals surface area contributed by atoms with E-state index in [1.807, 2.05) is 12.1 Å². The molecule has 96 valence electrons. The average Bonchev–Trinajstić information content (AvgIpc) is 2.80. The number of hydrogen-bond donors (Lipinski definition) is 1. The lowest BCUT2D eigenvalue weighted by Gasteiger charge is -2.23. The lowest BCUT2D eigenvalue weighted by atomic mass is 10.2. The summed E-state index contributed by atoms with van der Waals surface area (Å²) >= 11 is 1.34. The second-order valence-electron chi connectivity index (χ2n) is 4.18. The number of fused-ring (bicyclic) bond motifs is 1. The molecule has 1 aromatic carbocycles. The highest BCUT2D eigenvalue weighted by atomic mass is 32.1. The molecule has 2 aromatic rings. The van der Waals surface area contributed by atoms with Gasteiger partial charge in [0.25, 0.3) is 0 Å². The van der Waals surface area contributed by atoms with Crippen LogP contribution in [0.2, 0.25) is 0 Å². The third kappa shape index (κ3) is 2.34. The molecule has 0 unspecified atom stereocenters. The first-order valence-electron chi connectivity index (χ1n) is 6.18. The molecular formula is C14H17NO2S. The van der Waals surface area contributed by atoms with Crippen LogP contribution in [0.3, 0.4) is 0 Å². The molecule has 1 heterocycles. The minimum atomic E-state index is -0.847. The molecule has 0 fully saturated rings. The molecule has 0 spiro atoms. The predicted octanol–water partition coefficient (Wildman–Crippen LogP) is 3.84. The first-order valence-corrected chi connectivity index (χ1v) is 6.99. The van der Waals surface area contributed by atoms with Crippen molar-refractivity contribution in [2.75, 3.05) is 18.0 Å². The quantitative estimate of drug-likeness (QED) is 0.891. The normalized spacial score (nSPS) is 10.8. The molecule has 0 aliphatic carbocycles. The molecule has 1 N–H and O–H groups in total. The molecule has 3 nitrogen and oxygen atoms in total. The van der Waals surface area contributed by atoms with Crippen LogP contribution in [0.25, 0.3) is 10.1 Å². The molecule has 4 heteroatoms. The monoisotopic (exact) mass is 263 g/mol. The van der Waals surface area contributed by atoms with Crippen molar-refractivity contribution in [1.82, 2.24) is 0 Å². The van der Waals surface area contributed by atoms with E-state index in [-0.39, 0.29) is 0 Å². The van der Waals surface area contributed by atoms with Crippen LogP contribution in [0.15, 0.2) is 24.3 Å². The van der Waals surface area contributed by atoms with Crippen molar-refractivity contribution in [3.8, 4) is 0 Å². The number of thiophene rings is 1. The molecule has 0 aliphatic rings. The van der Waals surface area contributed by atoms with Crippen molar-refractivity contribution in [1.29, 1.82) is 0 Å². The van der Waals surface area contributed by atoms with Crippen molar-refractivity contribution in [3.05, 3.63) is 29.1 Å². The van der Waals surface area contributed by atoms with E-state index in [2.05, 4.69) is 24.8 Å². The lowest BCUT2D eigenvalue weighted by molar-refractivity contribution is 0.0702. The Labute approximate surface area is 111 Å². The molecule has 2 rings (SSSR count). The highest BCUT2D eigenvalue weighted by molar-refractivity contribution is 7.20. The van der Waals surface area contributed by atoms with Gasteiger partial charge >= 0.3 is 5.97 Å². The van der Waals surface area contributed by atoms with Crippen molar-refractivity contribution in [3.63, 3.8) is 0 Å². The third-order valence-electron chi connectivity index (χ3n) is 2.97. The van der Waals surface area contributed by atoms with Crippen LogP contribution in [0.4, 0.5) is 5.69 Å². The zero-order valence-electron chi connectivity index (χ0n) is 10.6. The van der Waals surface area contributed by atoms with Gasteiger partial charge in [-0.2, -0.15) is 0 Å². The van der Waals surface area contributed by atoms with Gasteiger partial charge in [-0.15, -0.1) is 11.3 Å². The second kappa shape index (κ2) is 5.40. The minimum absolute atomic E-state index is 0.407. The fraction of sp³-hybridized carbons (Fsp3) is 0.357. The van der Waals surface area contributed by atoms with Crippen molar-refractivity contribution >= 4 is 33.1 Å². The van der Waals surface area contributed by atoms with Gasteiger partial charge in [0.05, 0.1) is 0 Å². The van der Waals surface area contributed by atoms with E-state index in [1.54, 1.807) is 6.07 Å². The van der Waals surface area contributed by atoms with E-state index in [1.165, 1.54) is 11.3 Å². The minimum Gasteiger partial charge on any atom is -0.477 e. The number of rotatable bonds is 5. The first-order chi connectivity index (χ1) is 8.67. The van der Waals surface area contributed by atoms with Crippen LogP contribution in [0.1, 0.15) is 29.9 Å².